The van der Waals surface area contributed by atoms with Crippen LogP contribution in [0.1, 0.15) is 45.1 Å². The van der Waals surface area contributed by atoms with Gasteiger partial charge >= 0.3 is 5.69 Å². The highest BCUT2D eigenvalue weighted by Crippen LogP contribution is 2.25. The largest absolute Gasteiger partial charge is 0.353 e. The first-order valence-corrected chi connectivity index (χ1v) is 10.5. The summed E-state index contributed by atoms with van der Waals surface area (Å²) in [5.74, 6) is 0.940. The summed E-state index contributed by atoms with van der Waals surface area (Å²) in [6.45, 7) is 5.17. The minimum atomic E-state index is -0.312. The van der Waals surface area contributed by atoms with Crippen LogP contribution in [0.15, 0.2) is 39.9 Å². The number of aromatic nitrogens is 4. The van der Waals surface area contributed by atoms with Gasteiger partial charge in [0.15, 0.2) is 11.2 Å². The molecule has 3 aromatic rings. The van der Waals surface area contributed by atoms with E-state index >= 15 is 0 Å². The first-order chi connectivity index (χ1) is 14.0. The fourth-order valence-electron chi connectivity index (χ4n) is 4.17. The molecule has 154 valence electrons. The molecule has 1 saturated carbocycles. The second-order valence-electron chi connectivity index (χ2n) is 8.46. The van der Waals surface area contributed by atoms with Crippen molar-refractivity contribution in [1.82, 2.24) is 18.7 Å². The van der Waals surface area contributed by atoms with Crippen LogP contribution < -0.4 is 16.6 Å². The lowest BCUT2D eigenvalue weighted by molar-refractivity contribution is 0.500. The van der Waals surface area contributed by atoms with Crippen LogP contribution in [0.3, 0.4) is 0 Å². The lowest BCUT2D eigenvalue weighted by atomic mass is 10.2. The first kappa shape index (κ1) is 19.5. The molecule has 4 rings (SSSR count). The van der Waals surface area contributed by atoms with Crippen LogP contribution in [0.2, 0.25) is 0 Å². The highest BCUT2D eigenvalue weighted by atomic mass is 16.2. The maximum absolute atomic E-state index is 13.1. The van der Waals surface area contributed by atoms with Gasteiger partial charge in [0.05, 0.1) is 6.54 Å². The standard InChI is InChI=1S/C22H29N5O2/c1-15(2)13-27-19-18(20(28)25(3)22(27)29)26(14-16-9-5-4-6-10-16)21(24-19)23-17-11-7-8-12-17/h4-6,9-10,15,17H,7-8,11-14H2,1-3H3,(H,23,24). The molecule has 0 bridgehead atoms. The summed E-state index contributed by atoms with van der Waals surface area (Å²) >= 11 is 0. The van der Waals surface area contributed by atoms with Gasteiger partial charge in [0.2, 0.25) is 5.95 Å². The molecule has 1 aliphatic rings. The third kappa shape index (κ3) is 3.73. The number of fused-ring (bicyclic) bond motifs is 1. The summed E-state index contributed by atoms with van der Waals surface area (Å²) in [5, 5.41) is 3.55. The summed E-state index contributed by atoms with van der Waals surface area (Å²) < 4.78 is 4.79. The van der Waals surface area contributed by atoms with E-state index in [1.54, 1.807) is 11.6 Å². The molecule has 0 aliphatic heterocycles. The zero-order valence-corrected chi connectivity index (χ0v) is 17.4. The van der Waals surface area contributed by atoms with Crippen molar-refractivity contribution in [3.63, 3.8) is 0 Å². The maximum Gasteiger partial charge on any atom is 0.332 e. The van der Waals surface area contributed by atoms with Crippen LogP contribution in [0, 0.1) is 5.92 Å². The van der Waals surface area contributed by atoms with Gasteiger partial charge in [0, 0.05) is 19.6 Å². The van der Waals surface area contributed by atoms with E-state index in [0.717, 1.165) is 18.4 Å². The average Bonchev–Trinajstić information content (AvgIpc) is 3.33. The van der Waals surface area contributed by atoms with Crippen molar-refractivity contribution in [2.45, 2.75) is 58.7 Å². The number of imidazole rings is 1. The summed E-state index contributed by atoms with van der Waals surface area (Å²) in [6.07, 6.45) is 4.61. The molecule has 2 aromatic heterocycles. The lowest BCUT2D eigenvalue weighted by Gasteiger charge is -2.15. The minimum Gasteiger partial charge on any atom is -0.353 e. The molecule has 2 heterocycles. The summed E-state index contributed by atoms with van der Waals surface area (Å²) in [5.41, 5.74) is 1.44. The van der Waals surface area contributed by atoms with E-state index in [-0.39, 0.29) is 17.2 Å². The highest BCUT2D eigenvalue weighted by molar-refractivity contribution is 5.74. The van der Waals surface area contributed by atoms with Crippen LogP contribution in [0.5, 0.6) is 0 Å². The van der Waals surface area contributed by atoms with E-state index < -0.39 is 0 Å². The highest BCUT2D eigenvalue weighted by Gasteiger charge is 2.23. The fraction of sp³-hybridized carbons (Fsp3) is 0.500. The van der Waals surface area contributed by atoms with Crippen LogP contribution in [-0.2, 0) is 20.1 Å². The average molecular weight is 396 g/mol. The van der Waals surface area contributed by atoms with Gasteiger partial charge in [0.25, 0.3) is 5.56 Å². The molecule has 7 nitrogen and oxygen atoms in total. The van der Waals surface area contributed by atoms with Gasteiger partial charge in [-0.25, -0.2) is 4.79 Å². The van der Waals surface area contributed by atoms with Crippen molar-refractivity contribution in [2.24, 2.45) is 13.0 Å². The number of hydrogen-bond acceptors (Lipinski definition) is 4. The number of rotatable bonds is 6. The van der Waals surface area contributed by atoms with Crippen LogP contribution in [0.4, 0.5) is 5.95 Å². The molecule has 0 saturated heterocycles. The van der Waals surface area contributed by atoms with E-state index in [9.17, 15) is 9.59 Å². The van der Waals surface area contributed by atoms with Crippen molar-refractivity contribution < 1.29 is 0 Å². The van der Waals surface area contributed by atoms with Crippen molar-refractivity contribution in [1.29, 1.82) is 0 Å². The predicted octanol–water partition coefficient (Wildman–Crippen LogP) is 2.96. The monoisotopic (exact) mass is 395 g/mol. The molecular weight excluding hydrogens is 366 g/mol. The molecular formula is C22H29N5O2. The van der Waals surface area contributed by atoms with Gasteiger partial charge in [-0.15, -0.1) is 0 Å². The molecule has 0 spiro atoms. The number of nitrogens with zero attached hydrogens (tertiary/aromatic N) is 4. The van der Waals surface area contributed by atoms with E-state index in [2.05, 4.69) is 19.2 Å². The summed E-state index contributed by atoms with van der Waals surface area (Å²) in [6, 6.07) is 10.4. The Hall–Kier alpha value is -2.83. The van der Waals surface area contributed by atoms with Crippen molar-refractivity contribution in [2.75, 3.05) is 5.32 Å². The second-order valence-corrected chi connectivity index (χ2v) is 8.46. The third-order valence-corrected chi connectivity index (χ3v) is 5.65. The number of anilines is 1. The van der Waals surface area contributed by atoms with Gasteiger partial charge in [-0.2, -0.15) is 4.98 Å². The van der Waals surface area contributed by atoms with Crippen LogP contribution in [0.25, 0.3) is 11.2 Å². The molecule has 29 heavy (non-hydrogen) atoms. The zero-order valence-electron chi connectivity index (χ0n) is 17.4. The Morgan fingerprint density at radius 1 is 1.10 bits per heavy atom. The Balaban J connectivity index is 1.93. The smallest absolute Gasteiger partial charge is 0.332 e. The van der Waals surface area contributed by atoms with Crippen molar-refractivity contribution in [3.8, 4) is 0 Å². The molecule has 0 atom stereocenters. The Morgan fingerprint density at radius 3 is 2.45 bits per heavy atom. The minimum absolute atomic E-state index is 0.263. The summed E-state index contributed by atoms with van der Waals surface area (Å²) in [4.78, 5) is 30.7. The Labute approximate surface area is 170 Å². The number of hydrogen-bond donors (Lipinski definition) is 1. The fourth-order valence-corrected chi connectivity index (χ4v) is 4.17. The second kappa shape index (κ2) is 7.89. The molecule has 0 radical (unpaired) electrons. The van der Waals surface area contributed by atoms with Gasteiger partial charge in [-0.1, -0.05) is 57.0 Å². The molecule has 1 fully saturated rings. The number of benzene rings is 1. The van der Waals surface area contributed by atoms with Crippen LogP contribution >= 0.6 is 0 Å². The Kier molecular flexibility index (Phi) is 5.30. The SMILES string of the molecule is CC(C)Cn1c(=O)n(C)c(=O)c2c1nc(NC1CCCC1)n2Cc1ccccc1. The van der Waals surface area contributed by atoms with Gasteiger partial charge < -0.3 is 5.32 Å². The molecule has 1 aliphatic carbocycles. The molecule has 7 heteroatoms. The maximum atomic E-state index is 13.1. The molecule has 1 N–H and O–H groups in total. The molecule has 0 unspecified atom stereocenters. The van der Waals surface area contributed by atoms with E-state index in [1.165, 1.54) is 17.4 Å². The topological polar surface area (TPSA) is 73.8 Å². The van der Waals surface area contributed by atoms with Crippen molar-refractivity contribution >= 4 is 17.1 Å². The summed E-state index contributed by atoms with van der Waals surface area (Å²) in [7, 11) is 1.55. The van der Waals surface area contributed by atoms with E-state index in [1.807, 2.05) is 34.9 Å². The lowest BCUT2D eigenvalue weighted by Crippen LogP contribution is -2.39. The normalized spacial score (nSPS) is 14.9. The third-order valence-electron chi connectivity index (χ3n) is 5.65. The van der Waals surface area contributed by atoms with E-state index in [4.69, 9.17) is 4.98 Å². The predicted molar refractivity (Wildman–Crippen MR) is 115 cm³/mol. The van der Waals surface area contributed by atoms with Gasteiger partial charge in [-0.05, 0) is 24.3 Å². The number of nitrogens with one attached hydrogen (secondary N) is 1. The van der Waals surface area contributed by atoms with Gasteiger partial charge in [-0.3, -0.25) is 18.5 Å². The Morgan fingerprint density at radius 2 is 1.79 bits per heavy atom. The zero-order chi connectivity index (χ0) is 20.5. The van der Waals surface area contributed by atoms with Crippen LogP contribution in [-0.4, -0.2) is 24.7 Å². The Bertz CT molecular complexity index is 1120. The van der Waals surface area contributed by atoms with Gasteiger partial charge in [0.1, 0.15) is 0 Å². The van der Waals surface area contributed by atoms with E-state index in [0.29, 0.717) is 36.2 Å². The molecule has 1 aromatic carbocycles. The van der Waals surface area contributed by atoms with Crippen molar-refractivity contribution in [3.05, 3.63) is 56.7 Å². The quantitative estimate of drug-likeness (QED) is 0.696. The first-order valence-electron chi connectivity index (χ1n) is 10.5. The molecule has 0 amide bonds.